The maximum absolute atomic E-state index is 5.84. The minimum absolute atomic E-state index is 0. The van der Waals surface area contributed by atoms with Crippen molar-refractivity contribution in [3.05, 3.63) is 66.0 Å². The number of halogens is 1. The van der Waals surface area contributed by atoms with E-state index in [1.807, 2.05) is 31.3 Å². The van der Waals surface area contributed by atoms with Gasteiger partial charge >= 0.3 is 0 Å². The van der Waals surface area contributed by atoms with Crippen LogP contribution in [-0.4, -0.2) is 52.8 Å². The Balaban J connectivity index is 0.00000320. The van der Waals surface area contributed by atoms with E-state index in [2.05, 4.69) is 63.5 Å². The van der Waals surface area contributed by atoms with Gasteiger partial charge in [-0.2, -0.15) is 5.10 Å². The zero-order chi connectivity index (χ0) is 20.5. The molecule has 0 fully saturated rings. The molecule has 0 saturated heterocycles. The van der Waals surface area contributed by atoms with Crippen molar-refractivity contribution in [2.45, 2.75) is 20.4 Å². The molecule has 3 aromatic rings. The van der Waals surface area contributed by atoms with E-state index in [1.54, 1.807) is 0 Å². The fraction of sp³-hybridized carbons (Fsp3) is 0.318. The van der Waals surface area contributed by atoms with Crippen molar-refractivity contribution in [2.24, 2.45) is 4.99 Å². The van der Waals surface area contributed by atoms with Crippen molar-refractivity contribution in [3.63, 3.8) is 0 Å². The van der Waals surface area contributed by atoms with Crippen molar-refractivity contribution in [1.29, 1.82) is 0 Å². The second kappa shape index (κ2) is 12.2. The summed E-state index contributed by atoms with van der Waals surface area (Å²) < 4.78 is 5.84. The van der Waals surface area contributed by atoms with Crippen LogP contribution in [0, 0.1) is 6.92 Å². The number of likely N-dealkylation sites (N-methyl/N-ethyl adjacent to an activating group) is 1. The van der Waals surface area contributed by atoms with Gasteiger partial charge in [-0.05, 0) is 37.6 Å². The lowest BCUT2D eigenvalue weighted by Gasteiger charge is -2.22. The van der Waals surface area contributed by atoms with Crippen molar-refractivity contribution >= 4 is 29.9 Å². The highest BCUT2D eigenvalue weighted by molar-refractivity contribution is 14.0. The number of aryl methyl sites for hydroxylation is 1. The van der Waals surface area contributed by atoms with Gasteiger partial charge in [-0.1, -0.05) is 35.9 Å². The number of hydrogen-bond acceptors (Lipinski definition) is 4. The van der Waals surface area contributed by atoms with Crippen LogP contribution in [0.15, 0.2) is 59.9 Å². The Hall–Kier alpha value is -2.62. The zero-order valence-electron chi connectivity index (χ0n) is 17.6. The topological polar surface area (TPSA) is 78.4 Å². The number of aliphatic imine (C=N–C) groups is 1. The molecule has 0 saturated carbocycles. The number of nitrogens with one attached hydrogen (secondary N) is 2. The number of aromatic nitrogens is 3. The molecule has 2 N–H and O–H groups in total. The van der Waals surface area contributed by atoms with Gasteiger partial charge in [0.1, 0.15) is 18.7 Å². The minimum Gasteiger partial charge on any atom is -0.492 e. The standard InChI is InChI=1S/C22H28N6O.HI/c1-4-23-22(28(3)12-13-29-20-10-8-17(2)9-11-20)24-15-18-6-5-7-19(14-18)21-25-16-26-27-21;/h5-11,14,16H,4,12-13,15H2,1-3H3,(H,23,24)(H,25,26,27);1H. The molecule has 8 heteroatoms. The molecule has 2 aromatic carbocycles. The Morgan fingerprint density at radius 2 is 2.00 bits per heavy atom. The number of hydrogen-bond donors (Lipinski definition) is 2. The normalized spacial score (nSPS) is 11.0. The number of H-pyrrole nitrogens is 1. The van der Waals surface area contributed by atoms with E-state index in [-0.39, 0.29) is 24.0 Å². The molecule has 0 spiro atoms. The molecule has 0 bridgehead atoms. The number of ether oxygens (including phenoxy) is 1. The van der Waals surface area contributed by atoms with E-state index in [1.165, 1.54) is 11.9 Å². The number of rotatable bonds is 8. The fourth-order valence-electron chi connectivity index (χ4n) is 2.84. The van der Waals surface area contributed by atoms with Gasteiger partial charge in [0.2, 0.25) is 0 Å². The first kappa shape index (κ1) is 23.7. The van der Waals surface area contributed by atoms with Crippen LogP contribution in [0.5, 0.6) is 5.75 Å². The van der Waals surface area contributed by atoms with Crippen LogP contribution < -0.4 is 10.1 Å². The molecule has 1 aromatic heterocycles. The first-order chi connectivity index (χ1) is 14.2. The van der Waals surface area contributed by atoms with E-state index in [4.69, 9.17) is 9.73 Å². The Bertz CT molecular complexity index is 912. The third-order valence-corrected chi connectivity index (χ3v) is 4.44. The summed E-state index contributed by atoms with van der Waals surface area (Å²) in [7, 11) is 2.02. The molecule has 0 unspecified atom stereocenters. The number of guanidine groups is 1. The van der Waals surface area contributed by atoms with Gasteiger partial charge in [-0.15, -0.1) is 24.0 Å². The van der Waals surface area contributed by atoms with Crippen LogP contribution in [0.1, 0.15) is 18.1 Å². The molecule has 160 valence electrons. The fourth-order valence-corrected chi connectivity index (χ4v) is 2.84. The molecule has 1 heterocycles. The molecule has 7 nitrogen and oxygen atoms in total. The molecule has 0 aliphatic heterocycles. The number of aromatic amines is 1. The van der Waals surface area contributed by atoms with Crippen molar-refractivity contribution < 1.29 is 4.74 Å². The van der Waals surface area contributed by atoms with Crippen LogP contribution in [0.25, 0.3) is 11.4 Å². The summed E-state index contributed by atoms with van der Waals surface area (Å²) >= 11 is 0. The molecule has 0 amide bonds. The number of nitrogens with zero attached hydrogens (tertiary/aromatic N) is 4. The predicted octanol–water partition coefficient (Wildman–Crippen LogP) is 3.87. The quantitative estimate of drug-likeness (QED) is 0.268. The highest BCUT2D eigenvalue weighted by atomic mass is 127. The third kappa shape index (κ3) is 7.01. The molecule has 0 aliphatic rings. The van der Waals surface area contributed by atoms with E-state index in [9.17, 15) is 0 Å². The van der Waals surface area contributed by atoms with Gasteiger partial charge < -0.3 is 15.0 Å². The van der Waals surface area contributed by atoms with Crippen LogP contribution in [0.4, 0.5) is 0 Å². The largest absolute Gasteiger partial charge is 0.492 e. The van der Waals surface area contributed by atoms with Gasteiger partial charge in [-0.25, -0.2) is 9.98 Å². The van der Waals surface area contributed by atoms with Crippen LogP contribution in [0.2, 0.25) is 0 Å². The molecular weight excluding hydrogens is 491 g/mol. The van der Waals surface area contributed by atoms with Gasteiger partial charge in [0.25, 0.3) is 0 Å². The third-order valence-electron chi connectivity index (χ3n) is 4.44. The SMILES string of the molecule is CCNC(=NCc1cccc(-c2ncn[nH]2)c1)N(C)CCOc1ccc(C)cc1.I. The van der Waals surface area contributed by atoms with E-state index < -0.39 is 0 Å². The average Bonchev–Trinajstić information content (AvgIpc) is 3.28. The zero-order valence-corrected chi connectivity index (χ0v) is 20.0. The van der Waals surface area contributed by atoms with Crippen LogP contribution >= 0.6 is 24.0 Å². The Kier molecular flexibility index (Phi) is 9.59. The highest BCUT2D eigenvalue weighted by Crippen LogP contribution is 2.16. The van der Waals surface area contributed by atoms with Crippen molar-refractivity contribution in [1.82, 2.24) is 25.4 Å². The summed E-state index contributed by atoms with van der Waals surface area (Å²) in [5.41, 5.74) is 3.34. The molecule has 0 radical (unpaired) electrons. The van der Waals surface area contributed by atoms with E-state index in [0.29, 0.717) is 13.2 Å². The van der Waals surface area contributed by atoms with E-state index in [0.717, 1.165) is 41.7 Å². The second-order valence-electron chi connectivity index (χ2n) is 6.79. The van der Waals surface area contributed by atoms with Gasteiger partial charge in [0.15, 0.2) is 11.8 Å². The van der Waals surface area contributed by atoms with E-state index >= 15 is 0 Å². The Labute approximate surface area is 195 Å². The van der Waals surface area contributed by atoms with Crippen LogP contribution in [-0.2, 0) is 6.54 Å². The highest BCUT2D eigenvalue weighted by Gasteiger charge is 2.07. The molecule has 30 heavy (non-hydrogen) atoms. The van der Waals surface area contributed by atoms with Gasteiger partial charge in [-0.3, -0.25) is 5.10 Å². The molecule has 0 atom stereocenters. The predicted molar refractivity (Wildman–Crippen MR) is 131 cm³/mol. The summed E-state index contributed by atoms with van der Waals surface area (Å²) in [6, 6.07) is 16.3. The Morgan fingerprint density at radius 3 is 2.70 bits per heavy atom. The molecule has 3 rings (SSSR count). The lowest BCUT2D eigenvalue weighted by molar-refractivity contribution is 0.281. The first-order valence-corrected chi connectivity index (χ1v) is 9.79. The summed E-state index contributed by atoms with van der Waals surface area (Å²) in [5, 5.41) is 10.1. The second-order valence-corrected chi connectivity index (χ2v) is 6.79. The maximum atomic E-state index is 5.84. The number of benzene rings is 2. The smallest absolute Gasteiger partial charge is 0.194 e. The maximum Gasteiger partial charge on any atom is 0.194 e. The van der Waals surface area contributed by atoms with Gasteiger partial charge in [0, 0.05) is 19.2 Å². The summed E-state index contributed by atoms with van der Waals surface area (Å²) in [6.45, 7) is 6.84. The lowest BCUT2D eigenvalue weighted by atomic mass is 10.1. The monoisotopic (exact) mass is 520 g/mol. The molecule has 0 aliphatic carbocycles. The van der Waals surface area contributed by atoms with Gasteiger partial charge in [0.05, 0.1) is 13.1 Å². The van der Waals surface area contributed by atoms with Crippen LogP contribution in [0.3, 0.4) is 0 Å². The lowest BCUT2D eigenvalue weighted by Crippen LogP contribution is -2.40. The van der Waals surface area contributed by atoms with Crippen molar-refractivity contribution in [2.75, 3.05) is 26.7 Å². The summed E-state index contributed by atoms with van der Waals surface area (Å²) in [4.78, 5) is 11.1. The Morgan fingerprint density at radius 1 is 1.20 bits per heavy atom. The van der Waals surface area contributed by atoms with Crippen molar-refractivity contribution in [3.8, 4) is 17.1 Å². The summed E-state index contributed by atoms with van der Waals surface area (Å²) in [6.07, 6.45) is 1.51. The summed E-state index contributed by atoms with van der Waals surface area (Å²) in [5.74, 6) is 2.49. The average molecular weight is 520 g/mol. The molecular formula is C22H29IN6O. The first-order valence-electron chi connectivity index (χ1n) is 9.79. The minimum atomic E-state index is 0.